The van der Waals surface area contributed by atoms with E-state index in [9.17, 15) is 0 Å². The molecule has 1 aromatic carbocycles. The van der Waals surface area contributed by atoms with E-state index < -0.39 is 0 Å². The SMILES string of the molecule is NC(c1cccc2c1OCCC2)C1CCC1. The molecule has 0 spiro atoms. The standard InChI is InChI=1S/C14H19NO/c15-13(10-4-1-5-10)12-8-2-6-11-7-3-9-16-14(11)12/h2,6,8,10,13H,1,3-5,7,9,15H2. The molecule has 1 aliphatic carbocycles. The van der Waals surface area contributed by atoms with E-state index in [0.29, 0.717) is 5.92 Å². The number of nitrogens with two attached hydrogens (primary N) is 1. The van der Waals surface area contributed by atoms with E-state index in [2.05, 4.69) is 18.2 Å². The largest absolute Gasteiger partial charge is 0.493 e. The second kappa shape index (κ2) is 4.10. The maximum absolute atomic E-state index is 6.34. The summed E-state index contributed by atoms with van der Waals surface area (Å²) in [5.74, 6) is 1.77. The van der Waals surface area contributed by atoms with Crippen molar-refractivity contribution in [3.63, 3.8) is 0 Å². The zero-order chi connectivity index (χ0) is 11.0. The Labute approximate surface area is 96.8 Å². The summed E-state index contributed by atoms with van der Waals surface area (Å²) in [7, 11) is 0. The number of aryl methyl sites for hydroxylation is 1. The summed E-state index contributed by atoms with van der Waals surface area (Å²) in [5, 5.41) is 0. The zero-order valence-corrected chi connectivity index (χ0v) is 9.61. The lowest BCUT2D eigenvalue weighted by Gasteiger charge is -2.33. The molecule has 0 aromatic heterocycles. The lowest BCUT2D eigenvalue weighted by molar-refractivity contribution is 0.246. The van der Waals surface area contributed by atoms with Crippen molar-refractivity contribution in [1.29, 1.82) is 0 Å². The van der Waals surface area contributed by atoms with Crippen LogP contribution in [0, 0.1) is 5.92 Å². The summed E-state index contributed by atoms with van der Waals surface area (Å²) in [4.78, 5) is 0. The molecular weight excluding hydrogens is 198 g/mol. The molecule has 0 bridgehead atoms. The molecule has 0 radical (unpaired) electrons. The zero-order valence-electron chi connectivity index (χ0n) is 9.61. The number of hydrogen-bond donors (Lipinski definition) is 1. The highest BCUT2D eigenvalue weighted by atomic mass is 16.5. The average Bonchev–Trinajstić information content (AvgIpc) is 2.26. The van der Waals surface area contributed by atoms with Gasteiger partial charge >= 0.3 is 0 Å². The molecule has 3 rings (SSSR count). The predicted octanol–water partition coefficient (Wildman–Crippen LogP) is 2.81. The second-order valence-corrected chi connectivity index (χ2v) is 5.00. The van der Waals surface area contributed by atoms with Gasteiger partial charge in [0.2, 0.25) is 0 Å². The third-order valence-corrected chi connectivity index (χ3v) is 3.98. The third-order valence-electron chi connectivity index (χ3n) is 3.98. The average molecular weight is 217 g/mol. The van der Waals surface area contributed by atoms with Gasteiger partial charge in [-0.1, -0.05) is 24.6 Å². The molecule has 1 atom stereocenters. The van der Waals surface area contributed by atoms with E-state index in [-0.39, 0.29) is 6.04 Å². The van der Waals surface area contributed by atoms with Gasteiger partial charge in [0, 0.05) is 11.6 Å². The topological polar surface area (TPSA) is 35.2 Å². The molecule has 1 aliphatic heterocycles. The van der Waals surface area contributed by atoms with Crippen LogP contribution in [-0.4, -0.2) is 6.61 Å². The summed E-state index contributed by atoms with van der Waals surface area (Å²) >= 11 is 0. The number of rotatable bonds is 2. The first-order valence-corrected chi connectivity index (χ1v) is 6.36. The van der Waals surface area contributed by atoms with Gasteiger partial charge in [0.15, 0.2) is 0 Å². The lowest BCUT2D eigenvalue weighted by atomic mass is 9.77. The minimum absolute atomic E-state index is 0.182. The minimum atomic E-state index is 0.182. The van der Waals surface area contributed by atoms with Crippen molar-refractivity contribution < 1.29 is 4.74 Å². The summed E-state index contributed by atoms with van der Waals surface area (Å²) in [6.07, 6.45) is 6.18. The molecule has 16 heavy (non-hydrogen) atoms. The first kappa shape index (κ1) is 10.2. The smallest absolute Gasteiger partial charge is 0.127 e. The number of fused-ring (bicyclic) bond motifs is 1. The van der Waals surface area contributed by atoms with E-state index >= 15 is 0 Å². The van der Waals surface area contributed by atoms with Crippen LogP contribution in [0.25, 0.3) is 0 Å². The molecule has 1 heterocycles. The molecule has 0 saturated heterocycles. The van der Waals surface area contributed by atoms with Crippen LogP contribution in [0.4, 0.5) is 0 Å². The van der Waals surface area contributed by atoms with Crippen molar-refractivity contribution in [1.82, 2.24) is 0 Å². The van der Waals surface area contributed by atoms with E-state index in [1.807, 2.05) is 0 Å². The van der Waals surface area contributed by atoms with Crippen LogP contribution in [0.2, 0.25) is 0 Å². The Balaban J connectivity index is 1.93. The highest BCUT2D eigenvalue weighted by molar-refractivity contribution is 5.44. The molecule has 1 unspecified atom stereocenters. The lowest BCUT2D eigenvalue weighted by Crippen LogP contribution is -2.28. The molecular formula is C14H19NO. The van der Waals surface area contributed by atoms with E-state index in [1.165, 1.54) is 30.4 Å². The molecule has 0 amide bonds. The van der Waals surface area contributed by atoms with Gasteiger partial charge in [-0.25, -0.2) is 0 Å². The molecule has 2 aliphatic rings. The van der Waals surface area contributed by atoms with Crippen molar-refractivity contribution in [3.05, 3.63) is 29.3 Å². The fraction of sp³-hybridized carbons (Fsp3) is 0.571. The molecule has 2 N–H and O–H groups in total. The van der Waals surface area contributed by atoms with Crippen molar-refractivity contribution in [3.8, 4) is 5.75 Å². The predicted molar refractivity (Wildman–Crippen MR) is 64.5 cm³/mol. The van der Waals surface area contributed by atoms with Crippen LogP contribution in [0.5, 0.6) is 5.75 Å². The third kappa shape index (κ3) is 1.61. The monoisotopic (exact) mass is 217 g/mol. The molecule has 2 heteroatoms. The van der Waals surface area contributed by atoms with Crippen LogP contribution in [0.1, 0.15) is 42.9 Å². The summed E-state index contributed by atoms with van der Waals surface area (Å²) < 4.78 is 5.81. The van der Waals surface area contributed by atoms with Crippen molar-refractivity contribution in [2.45, 2.75) is 38.1 Å². The quantitative estimate of drug-likeness (QED) is 0.826. The number of hydrogen-bond acceptors (Lipinski definition) is 2. The molecule has 2 nitrogen and oxygen atoms in total. The van der Waals surface area contributed by atoms with Gasteiger partial charge in [0.1, 0.15) is 5.75 Å². The van der Waals surface area contributed by atoms with Gasteiger partial charge in [-0.2, -0.15) is 0 Å². The Morgan fingerprint density at radius 3 is 2.88 bits per heavy atom. The van der Waals surface area contributed by atoms with E-state index in [1.54, 1.807) is 0 Å². The second-order valence-electron chi connectivity index (χ2n) is 5.00. The maximum atomic E-state index is 6.34. The Hall–Kier alpha value is -1.02. The van der Waals surface area contributed by atoms with Crippen LogP contribution < -0.4 is 10.5 Å². The van der Waals surface area contributed by atoms with E-state index in [0.717, 1.165) is 25.2 Å². The van der Waals surface area contributed by atoms with Crippen LogP contribution in [0.15, 0.2) is 18.2 Å². The summed E-state index contributed by atoms with van der Waals surface area (Å²) in [5.41, 5.74) is 8.93. The Morgan fingerprint density at radius 2 is 2.12 bits per heavy atom. The normalized spacial score (nSPS) is 21.8. The highest BCUT2D eigenvalue weighted by Gasteiger charge is 2.28. The fourth-order valence-corrected chi connectivity index (χ4v) is 2.73. The van der Waals surface area contributed by atoms with Crippen molar-refractivity contribution in [2.75, 3.05) is 6.61 Å². The van der Waals surface area contributed by atoms with Gasteiger partial charge in [-0.3, -0.25) is 0 Å². The van der Waals surface area contributed by atoms with Gasteiger partial charge in [-0.05, 0) is 37.2 Å². The van der Waals surface area contributed by atoms with Gasteiger partial charge in [0.05, 0.1) is 6.61 Å². The van der Waals surface area contributed by atoms with Crippen LogP contribution in [0.3, 0.4) is 0 Å². The van der Waals surface area contributed by atoms with E-state index in [4.69, 9.17) is 10.5 Å². The summed E-state index contributed by atoms with van der Waals surface area (Å²) in [6.45, 7) is 0.849. The first-order chi connectivity index (χ1) is 7.86. The number of benzene rings is 1. The summed E-state index contributed by atoms with van der Waals surface area (Å²) in [6, 6.07) is 6.63. The minimum Gasteiger partial charge on any atom is -0.493 e. The Bertz CT molecular complexity index is 384. The number of ether oxygens (including phenoxy) is 1. The van der Waals surface area contributed by atoms with Gasteiger partial charge < -0.3 is 10.5 Å². The molecule has 1 saturated carbocycles. The van der Waals surface area contributed by atoms with Crippen molar-refractivity contribution >= 4 is 0 Å². The van der Waals surface area contributed by atoms with Crippen LogP contribution in [-0.2, 0) is 6.42 Å². The Kier molecular flexibility index (Phi) is 2.60. The van der Waals surface area contributed by atoms with Crippen LogP contribution >= 0.6 is 0 Å². The number of para-hydroxylation sites is 1. The first-order valence-electron chi connectivity index (χ1n) is 6.36. The fourth-order valence-electron chi connectivity index (χ4n) is 2.73. The molecule has 1 aromatic rings. The Morgan fingerprint density at radius 1 is 1.25 bits per heavy atom. The highest BCUT2D eigenvalue weighted by Crippen LogP contribution is 2.41. The maximum Gasteiger partial charge on any atom is 0.127 e. The van der Waals surface area contributed by atoms with Gasteiger partial charge in [0.25, 0.3) is 0 Å². The van der Waals surface area contributed by atoms with Crippen molar-refractivity contribution in [2.24, 2.45) is 11.7 Å². The van der Waals surface area contributed by atoms with Gasteiger partial charge in [-0.15, -0.1) is 0 Å². The molecule has 86 valence electrons. The molecule has 1 fully saturated rings.